The molecule has 9 heteroatoms. The van der Waals surface area contributed by atoms with Crippen molar-refractivity contribution >= 4 is 40.4 Å². The second-order valence-corrected chi connectivity index (χ2v) is 9.57. The van der Waals surface area contributed by atoms with Gasteiger partial charge in [0.1, 0.15) is 0 Å². The summed E-state index contributed by atoms with van der Waals surface area (Å²) in [6.45, 7) is 5.48. The van der Waals surface area contributed by atoms with Gasteiger partial charge < -0.3 is 25.2 Å². The van der Waals surface area contributed by atoms with Crippen molar-refractivity contribution in [2.45, 2.75) is 25.2 Å². The number of amides is 1. The number of carbonyl (C=O) groups is 1. The van der Waals surface area contributed by atoms with E-state index in [0.717, 1.165) is 68.0 Å². The van der Waals surface area contributed by atoms with Gasteiger partial charge in [0.15, 0.2) is 11.6 Å². The first-order valence-corrected chi connectivity index (χ1v) is 12.4. The normalized spacial score (nSPS) is 17.1. The van der Waals surface area contributed by atoms with Gasteiger partial charge in [0.25, 0.3) is 0 Å². The Labute approximate surface area is 214 Å². The van der Waals surface area contributed by atoms with E-state index >= 15 is 0 Å². The van der Waals surface area contributed by atoms with Gasteiger partial charge in [-0.25, -0.2) is 9.37 Å². The van der Waals surface area contributed by atoms with E-state index in [0.29, 0.717) is 12.2 Å². The van der Waals surface area contributed by atoms with E-state index in [1.54, 1.807) is 11.8 Å². The van der Waals surface area contributed by atoms with Crippen LogP contribution in [0.15, 0.2) is 48.7 Å². The number of fused-ring (bicyclic) bond motifs is 2. The Kier molecular flexibility index (Phi) is 5.89. The molecule has 2 aliphatic heterocycles. The molecule has 1 amide bonds. The number of aromatic nitrogens is 2. The molecule has 3 aliphatic rings. The minimum atomic E-state index is -0.572. The number of rotatable bonds is 5. The predicted octanol–water partition coefficient (Wildman–Crippen LogP) is 4.34. The number of anilines is 6. The zero-order valence-electron chi connectivity index (χ0n) is 20.6. The molecule has 1 spiro atoms. The lowest BCUT2D eigenvalue weighted by Crippen LogP contribution is -2.36. The molecule has 1 saturated heterocycles. The molecular weight excluding hydrogens is 471 g/mol. The average molecular weight is 499 g/mol. The van der Waals surface area contributed by atoms with E-state index < -0.39 is 5.82 Å². The highest BCUT2D eigenvalue weighted by Crippen LogP contribution is 2.57. The third kappa shape index (κ3) is 4.56. The molecular formula is C28H27FN6O2. The Bertz CT molecular complexity index is 1400. The van der Waals surface area contributed by atoms with E-state index in [1.807, 2.05) is 42.5 Å². The zero-order valence-corrected chi connectivity index (χ0v) is 20.6. The van der Waals surface area contributed by atoms with E-state index in [4.69, 9.17) is 4.74 Å². The minimum Gasteiger partial charge on any atom is -0.378 e. The lowest BCUT2D eigenvalue weighted by Gasteiger charge is -2.28. The summed E-state index contributed by atoms with van der Waals surface area (Å²) in [4.78, 5) is 25.1. The number of morpholine rings is 1. The first-order valence-electron chi connectivity index (χ1n) is 12.4. The highest BCUT2D eigenvalue weighted by molar-refractivity contribution is 6.08. The highest BCUT2D eigenvalue weighted by Gasteiger charge is 2.52. The SMILES string of the molecule is CC#CC(=O)N1CC2(CC2)c2ccc(Nc3nc(Nc4ccc(N5CCOCC5)cc4)ncc3F)cc21. The van der Waals surface area contributed by atoms with Crippen LogP contribution >= 0.6 is 0 Å². The summed E-state index contributed by atoms with van der Waals surface area (Å²) in [7, 11) is 0. The Morgan fingerprint density at radius 3 is 2.57 bits per heavy atom. The fraction of sp³-hybridized carbons (Fsp3) is 0.321. The quantitative estimate of drug-likeness (QED) is 0.507. The van der Waals surface area contributed by atoms with Crippen LogP contribution in [0.3, 0.4) is 0 Å². The van der Waals surface area contributed by atoms with Crippen molar-refractivity contribution in [2.24, 2.45) is 0 Å². The molecule has 2 aromatic carbocycles. The summed E-state index contributed by atoms with van der Waals surface area (Å²) in [5.74, 6) is 4.87. The number of halogens is 1. The maximum Gasteiger partial charge on any atom is 0.302 e. The van der Waals surface area contributed by atoms with Crippen LogP contribution in [0.2, 0.25) is 0 Å². The number of hydrogen-bond acceptors (Lipinski definition) is 7. The average Bonchev–Trinajstić information content (AvgIpc) is 3.63. The van der Waals surface area contributed by atoms with Gasteiger partial charge in [-0.15, -0.1) is 0 Å². The van der Waals surface area contributed by atoms with Crippen LogP contribution in [-0.4, -0.2) is 48.7 Å². The number of nitrogens with one attached hydrogen (secondary N) is 2. The van der Waals surface area contributed by atoms with Crippen molar-refractivity contribution in [3.05, 3.63) is 60.0 Å². The van der Waals surface area contributed by atoms with Crippen LogP contribution in [0.25, 0.3) is 0 Å². The van der Waals surface area contributed by atoms with E-state index in [2.05, 4.69) is 37.3 Å². The van der Waals surface area contributed by atoms with Crippen LogP contribution in [0.1, 0.15) is 25.3 Å². The van der Waals surface area contributed by atoms with E-state index in [1.165, 1.54) is 0 Å². The van der Waals surface area contributed by atoms with Crippen molar-refractivity contribution in [1.29, 1.82) is 0 Å². The number of ether oxygens (including phenoxy) is 1. The predicted molar refractivity (Wildman–Crippen MR) is 141 cm³/mol. The lowest BCUT2D eigenvalue weighted by molar-refractivity contribution is -0.113. The summed E-state index contributed by atoms with van der Waals surface area (Å²) in [6.07, 6.45) is 3.25. The molecule has 0 atom stereocenters. The fourth-order valence-corrected chi connectivity index (χ4v) is 5.05. The topological polar surface area (TPSA) is 82.6 Å². The van der Waals surface area contributed by atoms with Crippen LogP contribution in [0, 0.1) is 17.7 Å². The second-order valence-electron chi connectivity index (χ2n) is 9.57. The third-order valence-electron chi connectivity index (χ3n) is 7.16. The smallest absolute Gasteiger partial charge is 0.302 e. The van der Waals surface area contributed by atoms with Crippen molar-refractivity contribution in [3.63, 3.8) is 0 Å². The van der Waals surface area contributed by atoms with E-state index in [-0.39, 0.29) is 23.1 Å². The van der Waals surface area contributed by atoms with Crippen LogP contribution in [0.4, 0.5) is 38.9 Å². The van der Waals surface area contributed by atoms with Crippen LogP contribution in [0.5, 0.6) is 0 Å². The Morgan fingerprint density at radius 1 is 1.08 bits per heavy atom. The summed E-state index contributed by atoms with van der Waals surface area (Å²) in [5, 5.41) is 6.20. The molecule has 1 saturated carbocycles. The maximum absolute atomic E-state index is 14.7. The monoisotopic (exact) mass is 498 g/mol. The first-order chi connectivity index (χ1) is 18.0. The summed E-state index contributed by atoms with van der Waals surface area (Å²) < 4.78 is 20.1. The number of carbonyl (C=O) groups excluding carboxylic acids is 1. The number of nitrogens with zero attached hydrogens (tertiary/aromatic N) is 4. The molecule has 8 nitrogen and oxygen atoms in total. The first kappa shape index (κ1) is 23.3. The second kappa shape index (κ2) is 9.37. The van der Waals surface area contributed by atoms with Crippen molar-refractivity contribution in [2.75, 3.05) is 53.3 Å². The highest BCUT2D eigenvalue weighted by atomic mass is 19.1. The van der Waals surface area contributed by atoms with Crippen molar-refractivity contribution in [1.82, 2.24) is 9.97 Å². The van der Waals surface area contributed by atoms with Gasteiger partial charge in [0.05, 0.1) is 25.1 Å². The number of hydrogen-bond donors (Lipinski definition) is 2. The van der Waals surface area contributed by atoms with Crippen molar-refractivity contribution in [3.8, 4) is 11.8 Å². The van der Waals surface area contributed by atoms with Gasteiger partial charge in [-0.1, -0.05) is 12.0 Å². The maximum atomic E-state index is 14.7. The lowest BCUT2D eigenvalue weighted by atomic mass is 9.98. The summed E-state index contributed by atoms with van der Waals surface area (Å²) >= 11 is 0. The van der Waals surface area contributed by atoms with Gasteiger partial charge in [0.2, 0.25) is 5.95 Å². The molecule has 0 radical (unpaired) electrons. The van der Waals surface area contributed by atoms with Gasteiger partial charge in [-0.3, -0.25) is 4.79 Å². The molecule has 3 aromatic rings. The molecule has 1 aliphatic carbocycles. The molecule has 1 aromatic heterocycles. The Hall–Kier alpha value is -4.16. The van der Waals surface area contributed by atoms with Gasteiger partial charge in [0, 0.05) is 42.1 Å². The molecule has 3 heterocycles. The number of benzene rings is 2. The Morgan fingerprint density at radius 2 is 1.84 bits per heavy atom. The van der Waals surface area contributed by atoms with Crippen LogP contribution < -0.4 is 20.4 Å². The molecule has 188 valence electrons. The molecule has 37 heavy (non-hydrogen) atoms. The largest absolute Gasteiger partial charge is 0.378 e. The Balaban J connectivity index is 1.20. The summed E-state index contributed by atoms with van der Waals surface area (Å²) in [6, 6.07) is 13.7. The standard InChI is InChI=1S/C28H27FN6O2/c1-2-3-25(36)35-18-28(10-11-28)22-9-6-20(16-24(22)35)31-26-23(29)17-30-27(33-26)32-19-4-7-21(8-5-19)34-12-14-37-15-13-34/h4-9,16-17H,10-15,18H2,1H3,(H2,30,31,32,33). The molecule has 2 fully saturated rings. The van der Waals surface area contributed by atoms with Crippen LogP contribution in [-0.2, 0) is 14.9 Å². The fourth-order valence-electron chi connectivity index (χ4n) is 5.05. The van der Waals surface area contributed by atoms with E-state index in [9.17, 15) is 9.18 Å². The van der Waals surface area contributed by atoms with Gasteiger partial charge in [-0.2, -0.15) is 4.98 Å². The minimum absolute atomic E-state index is 0.0352. The van der Waals surface area contributed by atoms with Gasteiger partial charge in [-0.05, 0) is 67.6 Å². The third-order valence-corrected chi connectivity index (χ3v) is 7.16. The molecule has 0 unspecified atom stereocenters. The molecule has 2 N–H and O–H groups in total. The summed E-state index contributed by atoms with van der Waals surface area (Å²) in [5.41, 5.74) is 4.57. The molecule has 6 rings (SSSR count). The molecule has 0 bridgehead atoms. The van der Waals surface area contributed by atoms with Gasteiger partial charge >= 0.3 is 5.91 Å². The zero-order chi connectivity index (χ0) is 25.4. The van der Waals surface area contributed by atoms with Crippen molar-refractivity contribution < 1.29 is 13.9 Å².